The molecule has 0 bridgehead atoms. The first kappa shape index (κ1) is 23.3. The van der Waals surface area contributed by atoms with Gasteiger partial charge in [0.2, 0.25) is 5.91 Å². The Hall–Kier alpha value is -3.42. The zero-order valence-corrected chi connectivity index (χ0v) is 20.6. The Morgan fingerprint density at radius 2 is 1.77 bits per heavy atom. The molecule has 1 N–H and O–H groups in total. The van der Waals surface area contributed by atoms with E-state index in [0.29, 0.717) is 22.3 Å². The molecule has 0 spiro atoms. The number of amides is 2. The molecule has 0 saturated heterocycles. The average molecular weight is 503 g/mol. The maximum absolute atomic E-state index is 12.7. The van der Waals surface area contributed by atoms with E-state index in [1.54, 1.807) is 0 Å². The summed E-state index contributed by atoms with van der Waals surface area (Å²) in [6.45, 7) is 1.99. The lowest BCUT2D eigenvalue weighted by atomic mass is 9.99. The first-order valence-electron chi connectivity index (χ1n) is 11.3. The van der Waals surface area contributed by atoms with E-state index < -0.39 is 5.25 Å². The Morgan fingerprint density at radius 3 is 2.49 bits per heavy atom. The van der Waals surface area contributed by atoms with Crippen molar-refractivity contribution in [2.24, 2.45) is 10.1 Å². The minimum Gasteiger partial charge on any atom is -0.326 e. The zero-order chi connectivity index (χ0) is 24.4. The molecule has 0 fully saturated rings. The van der Waals surface area contributed by atoms with Crippen LogP contribution in [0.3, 0.4) is 0 Å². The minimum atomic E-state index is -0.582. The SMILES string of the molecule is Cc1ccc(NC(=O)C[C@H]2SC(N3N=C(c4ccc(Cl)cc4)C[C@@H]3c3ccccc3)=NC2=O)cc1. The average Bonchev–Trinajstić information content (AvgIpc) is 3.46. The van der Waals surface area contributed by atoms with Crippen molar-refractivity contribution >= 4 is 51.7 Å². The molecule has 3 aromatic rings. The molecule has 5 rings (SSSR count). The lowest BCUT2D eigenvalue weighted by molar-refractivity contribution is -0.121. The Labute approximate surface area is 213 Å². The van der Waals surface area contributed by atoms with Crippen molar-refractivity contribution in [3.8, 4) is 0 Å². The third-order valence-corrected chi connectivity index (χ3v) is 7.30. The fraction of sp³-hybridized carbons (Fsp3) is 0.185. The van der Waals surface area contributed by atoms with E-state index in [9.17, 15) is 9.59 Å². The summed E-state index contributed by atoms with van der Waals surface area (Å²) in [4.78, 5) is 29.6. The molecular weight excluding hydrogens is 480 g/mol. The van der Waals surface area contributed by atoms with Gasteiger partial charge in [0.1, 0.15) is 5.25 Å². The molecule has 2 amide bonds. The van der Waals surface area contributed by atoms with E-state index in [4.69, 9.17) is 16.7 Å². The van der Waals surface area contributed by atoms with E-state index in [2.05, 4.69) is 10.3 Å². The van der Waals surface area contributed by atoms with Gasteiger partial charge in [-0.25, -0.2) is 5.01 Å². The van der Waals surface area contributed by atoms with Gasteiger partial charge in [0, 0.05) is 23.6 Å². The smallest absolute Gasteiger partial charge is 0.262 e. The maximum atomic E-state index is 12.7. The number of anilines is 1. The molecule has 176 valence electrons. The number of thioether (sulfide) groups is 1. The highest BCUT2D eigenvalue weighted by molar-refractivity contribution is 8.15. The topological polar surface area (TPSA) is 74.1 Å². The number of carbonyl (C=O) groups excluding carboxylic acids is 2. The van der Waals surface area contributed by atoms with Gasteiger partial charge in [-0.1, -0.05) is 83.5 Å². The molecule has 0 aliphatic carbocycles. The highest BCUT2D eigenvalue weighted by Crippen LogP contribution is 2.38. The Bertz CT molecular complexity index is 1310. The van der Waals surface area contributed by atoms with Crippen LogP contribution >= 0.6 is 23.4 Å². The predicted octanol–water partition coefficient (Wildman–Crippen LogP) is 5.83. The number of amidine groups is 1. The number of aryl methyl sites for hydroxylation is 1. The normalized spacial score (nSPS) is 19.5. The molecule has 35 heavy (non-hydrogen) atoms. The molecule has 2 aliphatic rings. The van der Waals surface area contributed by atoms with Crippen molar-refractivity contribution in [1.29, 1.82) is 0 Å². The minimum absolute atomic E-state index is 0.0436. The van der Waals surface area contributed by atoms with Crippen molar-refractivity contribution in [3.05, 3.63) is 101 Å². The fourth-order valence-electron chi connectivity index (χ4n) is 4.06. The molecule has 6 nitrogen and oxygen atoms in total. The maximum Gasteiger partial charge on any atom is 0.262 e. The Kier molecular flexibility index (Phi) is 6.70. The van der Waals surface area contributed by atoms with Gasteiger partial charge < -0.3 is 5.32 Å². The third-order valence-electron chi connectivity index (χ3n) is 5.90. The van der Waals surface area contributed by atoms with Crippen LogP contribution in [0.25, 0.3) is 0 Å². The fourth-order valence-corrected chi connectivity index (χ4v) is 5.25. The van der Waals surface area contributed by atoms with Gasteiger partial charge in [-0.05, 0) is 42.3 Å². The van der Waals surface area contributed by atoms with E-state index in [0.717, 1.165) is 22.4 Å². The van der Waals surface area contributed by atoms with Gasteiger partial charge in [0.25, 0.3) is 5.91 Å². The van der Waals surface area contributed by atoms with Crippen molar-refractivity contribution in [1.82, 2.24) is 5.01 Å². The largest absolute Gasteiger partial charge is 0.326 e. The number of rotatable bonds is 5. The van der Waals surface area contributed by atoms with E-state index in [1.807, 2.05) is 90.8 Å². The summed E-state index contributed by atoms with van der Waals surface area (Å²) in [6.07, 6.45) is 0.708. The van der Waals surface area contributed by atoms with Crippen LogP contribution in [0.15, 0.2) is 89.0 Å². The van der Waals surface area contributed by atoms with E-state index in [-0.39, 0.29) is 24.3 Å². The highest BCUT2D eigenvalue weighted by Gasteiger charge is 2.39. The van der Waals surface area contributed by atoms with Gasteiger partial charge in [-0.3, -0.25) is 9.59 Å². The lowest BCUT2D eigenvalue weighted by Gasteiger charge is -2.23. The highest BCUT2D eigenvalue weighted by atomic mass is 35.5. The van der Waals surface area contributed by atoms with E-state index >= 15 is 0 Å². The predicted molar refractivity (Wildman–Crippen MR) is 142 cm³/mol. The van der Waals surface area contributed by atoms with Crippen LogP contribution in [0.1, 0.15) is 35.6 Å². The number of benzene rings is 3. The van der Waals surface area contributed by atoms with Gasteiger partial charge in [0.15, 0.2) is 5.17 Å². The summed E-state index contributed by atoms with van der Waals surface area (Å²) < 4.78 is 0. The van der Waals surface area contributed by atoms with Crippen molar-refractivity contribution in [2.75, 3.05) is 5.32 Å². The first-order chi connectivity index (χ1) is 17.0. The van der Waals surface area contributed by atoms with Crippen LogP contribution < -0.4 is 5.32 Å². The second kappa shape index (κ2) is 10.1. The van der Waals surface area contributed by atoms with Crippen LogP contribution in [0.2, 0.25) is 5.02 Å². The number of nitrogens with one attached hydrogen (secondary N) is 1. The summed E-state index contributed by atoms with van der Waals surface area (Å²) in [5.74, 6) is -0.534. The molecule has 0 saturated carbocycles. The number of halogens is 1. The summed E-state index contributed by atoms with van der Waals surface area (Å²) in [6, 6.07) is 25.1. The molecule has 2 aliphatic heterocycles. The van der Waals surface area contributed by atoms with Gasteiger partial charge in [-0.2, -0.15) is 10.1 Å². The second-order valence-electron chi connectivity index (χ2n) is 8.49. The molecular formula is C27H23ClN4O2S. The number of carbonyl (C=O) groups is 2. The number of aliphatic imine (C=N–C) groups is 1. The first-order valence-corrected chi connectivity index (χ1v) is 12.6. The third kappa shape index (κ3) is 5.31. The van der Waals surface area contributed by atoms with E-state index in [1.165, 1.54) is 11.8 Å². The molecule has 0 aromatic heterocycles. The molecule has 0 unspecified atom stereocenters. The van der Waals surface area contributed by atoms with Gasteiger partial charge >= 0.3 is 0 Å². The second-order valence-corrected chi connectivity index (χ2v) is 10.1. The Balaban J connectivity index is 1.33. The summed E-state index contributed by atoms with van der Waals surface area (Å²) in [5.41, 5.74) is 4.77. The quantitative estimate of drug-likeness (QED) is 0.476. The summed E-state index contributed by atoms with van der Waals surface area (Å²) in [5, 5.41) is 10.1. The molecule has 0 radical (unpaired) electrons. The van der Waals surface area contributed by atoms with Crippen LogP contribution in [0.5, 0.6) is 0 Å². The van der Waals surface area contributed by atoms with Crippen molar-refractivity contribution in [2.45, 2.75) is 31.1 Å². The number of nitrogens with zero attached hydrogens (tertiary/aromatic N) is 3. The van der Waals surface area contributed by atoms with Crippen LogP contribution in [0, 0.1) is 6.92 Å². The van der Waals surface area contributed by atoms with Gasteiger partial charge in [-0.15, -0.1) is 0 Å². The summed E-state index contributed by atoms with van der Waals surface area (Å²) in [7, 11) is 0. The molecule has 8 heteroatoms. The van der Waals surface area contributed by atoms with Crippen LogP contribution in [-0.2, 0) is 9.59 Å². The standard InChI is InChI=1S/C27H23ClN4O2S/c1-17-7-13-21(14-8-17)29-25(33)16-24-26(34)30-27(35-24)32-23(19-5-3-2-4-6-19)15-22(31-32)18-9-11-20(28)12-10-18/h2-14,23-24H,15-16H2,1H3,(H,29,33)/t23-,24-/m1/s1. The molecule has 2 atom stereocenters. The summed E-state index contributed by atoms with van der Waals surface area (Å²) >= 11 is 7.36. The van der Waals surface area contributed by atoms with Gasteiger partial charge in [0.05, 0.1) is 11.8 Å². The Morgan fingerprint density at radius 1 is 1.06 bits per heavy atom. The molecule has 2 heterocycles. The van der Waals surface area contributed by atoms with Crippen molar-refractivity contribution < 1.29 is 9.59 Å². The van der Waals surface area contributed by atoms with Crippen LogP contribution in [0.4, 0.5) is 5.69 Å². The lowest BCUT2D eigenvalue weighted by Crippen LogP contribution is -2.25. The van der Waals surface area contributed by atoms with Crippen LogP contribution in [-0.4, -0.2) is 33.0 Å². The van der Waals surface area contributed by atoms with Crippen molar-refractivity contribution in [3.63, 3.8) is 0 Å². The number of hydrogen-bond acceptors (Lipinski definition) is 5. The number of hydrogen-bond donors (Lipinski definition) is 1. The number of hydrazone groups is 1. The molecule has 3 aromatic carbocycles. The monoisotopic (exact) mass is 502 g/mol. The zero-order valence-electron chi connectivity index (χ0n) is 19.0.